The van der Waals surface area contributed by atoms with Gasteiger partial charge in [0.2, 0.25) is 5.91 Å². The summed E-state index contributed by atoms with van der Waals surface area (Å²) >= 11 is 0. The van der Waals surface area contributed by atoms with Crippen LogP contribution in [-0.4, -0.2) is 28.1 Å². The van der Waals surface area contributed by atoms with Crippen LogP contribution in [0.3, 0.4) is 0 Å². The van der Waals surface area contributed by atoms with E-state index in [1.165, 1.54) is 32.6 Å². The highest BCUT2D eigenvalue weighted by Gasteiger charge is 2.14. The topological polar surface area (TPSA) is 96.0 Å². The summed E-state index contributed by atoms with van der Waals surface area (Å²) in [5.41, 5.74) is 1.55. The molecule has 1 aliphatic rings. The molecule has 7 heteroatoms. The highest BCUT2D eigenvalue weighted by Crippen LogP contribution is 2.20. The van der Waals surface area contributed by atoms with E-state index in [1.807, 2.05) is 0 Å². The van der Waals surface area contributed by atoms with Crippen molar-refractivity contribution in [1.82, 2.24) is 10.2 Å². The van der Waals surface area contributed by atoms with Crippen molar-refractivity contribution in [3.63, 3.8) is 0 Å². The fraction of sp³-hybridized carbons (Fsp3) is 0.400. The SMILES string of the molecule is CC(=O)Nc1ccc(NC(=O)c2ccc(NC3CCCCCC3)nn2)cc1. The number of carbonyl (C=O) groups is 2. The smallest absolute Gasteiger partial charge is 0.276 e. The summed E-state index contributed by atoms with van der Waals surface area (Å²) < 4.78 is 0. The van der Waals surface area contributed by atoms with Crippen LogP contribution in [0.5, 0.6) is 0 Å². The molecule has 1 heterocycles. The van der Waals surface area contributed by atoms with E-state index in [4.69, 9.17) is 0 Å². The van der Waals surface area contributed by atoms with Gasteiger partial charge in [0.15, 0.2) is 5.69 Å². The van der Waals surface area contributed by atoms with Gasteiger partial charge in [-0.25, -0.2) is 0 Å². The van der Waals surface area contributed by atoms with Crippen LogP contribution in [0.2, 0.25) is 0 Å². The largest absolute Gasteiger partial charge is 0.366 e. The maximum atomic E-state index is 12.3. The quantitative estimate of drug-likeness (QED) is 0.698. The second-order valence-electron chi connectivity index (χ2n) is 6.85. The first kappa shape index (κ1) is 18.8. The Balaban J connectivity index is 1.56. The van der Waals surface area contributed by atoms with Gasteiger partial charge in [0.05, 0.1) is 0 Å². The molecule has 2 amide bonds. The number of nitrogens with zero attached hydrogens (tertiary/aromatic N) is 2. The van der Waals surface area contributed by atoms with E-state index in [-0.39, 0.29) is 17.5 Å². The van der Waals surface area contributed by atoms with Gasteiger partial charge in [0, 0.05) is 24.3 Å². The molecule has 0 saturated heterocycles. The summed E-state index contributed by atoms with van der Waals surface area (Å²) in [6.45, 7) is 1.45. The van der Waals surface area contributed by atoms with Gasteiger partial charge in [0.25, 0.3) is 5.91 Å². The highest BCUT2D eigenvalue weighted by atomic mass is 16.2. The van der Waals surface area contributed by atoms with Gasteiger partial charge in [-0.3, -0.25) is 9.59 Å². The molecule has 27 heavy (non-hydrogen) atoms. The molecule has 7 nitrogen and oxygen atoms in total. The van der Waals surface area contributed by atoms with Gasteiger partial charge < -0.3 is 16.0 Å². The van der Waals surface area contributed by atoms with Crippen molar-refractivity contribution in [2.45, 2.75) is 51.5 Å². The van der Waals surface area contributed by atoms with Gasteiger partial charge in [-0.15, -0.1) is 10.2 Å². The number of hydrogen-bond donors (Lipinski definition) is 3. The number of amides is 2. The van der Waals surface area contributed by atoms with Crippen molar-refractivity contribution in [3.8, 4) is 0 Å². The Morgan fingerprint density at radius 3 is 2.04 bits per heavy atom. The monoisotopic (exact) mass is 367 g/mol. The molecule has 0 atom stereocenters. The Morgan fingerprint density at radius 2 is 1.48 bits per heavy atom. The predicted octanol–water partition coefficient (Wildman–Crippen LogP) is 3.82. The minimum Gasteiger partial charge on any atom is -0.366 e. The molecule has 1 aromatic heterocycles. The first-order chi connectivity index (χ1) is 13.1. The lowest BCUT2D eigenvalue weighted by Gasteiger charge is -2.16. The minimum absolute atomic E-state index is 0.139. The highest BCUT2D eigenvalue weighted by molar-refractivity contribution is 6.03. The molecular formula is C20H25N5O2. The van der Waals surface area contributed by atoms with Crippen molar-refractivity contribution in [2.24, 2.45) is 0 Å². The molecule has 1 aliphatic carbocycles. The van der Waals surface area contributed by atoms with Crippen LogP contribution in [0.25, 0.3) is 0 Å². The van der Waals surface area contributed by atoms with E-state index < -0.39 is 0 Å². The summed E-state index contributed by atoms with van der Waals surface area (Å²) in [5.74, 6) is 0.244. The van der Waals surface area contributed by atoms with Gasteiger partial charge in [-0.05, 0) is 49.2 Å². The standard InChI is InChI=1S/C20H25N5O2/c1-14(26)21-16-8-10-17(11-9-16)23-20(27)18-12-13-19(25-24-18)22-15-6-4-2-3-5-7-15/h8-13,15H,2-7H2,1H3,(H,21,26)(H,22,25)(H,23,27). The third kappa shape index (κ3) is 5.77. The number of carbonyl (C=O) groups excluding carboxylic acids is 2. The number of aromatic nitrogens is 2. The Kier molecular flexibility index (Phi) is 6.35. The van der Waals surface area contributed by atoms with Crippen molar-refractivity contribution in [3.05, 3.63) is 42.1 Å². The summed E-state index contributed by atoms with van der Waals surface area (Å²) in [7, 11) is 0. The van der Waals surface area contributed by atoms with Crippen LogP contribution >= 0.6 is 0 Å². The third-order valence-electron chi connectivity index (χ3n) is 4.57. The average Bonchev–Trinajstić information content (AvgIpc) is 2.92. The number of hydrogen-bond acceptors (Lipinski definition) is 5. The summed E-state index contributed by atoms with van der Waals surface area (Å²) in [6.07, 6.45) is 7.39. The Hall–Kier alpha value is -2.96. The molecule has 3 N–H and O–H groups in total. The van der Waals surface area contributed by atoms with Crippen LogP contribution in [0.1, 0.15) is 55.9 Å². The molecule has 3 rings (SSSR count). The first-order valence-corrected chi connectivity index (χ1v) is 9.39. The molecule has 142 valence electrons. The van der Waals surface area contributed by atoms with Crippen LogP contribution in [0.15, 0.2) is 36.4 Å². The Labute approximate surface area is 159 Å². The van der Waals surface area contributed by atoms with Gasteiger partial charge in [-0.2, -0.15) is 0 Å². The van der Waals surface area contributed by atoms with Crippen LogP contribution in [-0.2, 0) is 4.79 Å². The number of rotatable bonds is 5. The van der Waals surface area contributed by atoms with E-state index in [2.05, 4.69) is 26.1 Å². The molecule has 0 spiro atoms. The lowest BCUT2D eigenvalue weighted by atomic mass is 10.1. The fourth-order valence-electron chi connectivity index (χ4n) is 3.20. The molecule has 1 aromatic carbocycles. The Bertz CT molecular complexity index is 766. The zero-order valence-corrected chi connectivity index (χ0v) is 15.5. The zero-order chi connectivity index (χ0) is 19.1. The van der Waals surface area contributed by atoms with Gasteiger partial charge in [-0.1, -0.05) is 25.7 Å². The molecule has 0 aliphatic heterocycles. The van der Waals surface area contributed by atoms with E-state index in [1.54, 1.807) is 36.4 Å². The predicted molar refractivity (Wildman–Crippen MR) is 106 cm³/mol. The Morgan fingerprint density at radius 1 is 0.852 bits per heavy atom. The number of nitrogens with one attached hydrogen (secondary N) is 3. The maximum absolute atomic E-state index is 12.3. The van der Waals surface area contributed by atoms with Gasteiger partial charge in [0.1, 0.15) is 5.82 Å². The second-order valence-corrected chi connectivity index (χ2v) is 6.85. The molecule has 0 unspecified atom stereocenters. The maximum Gasteiger partial charge on any atom is 0.276 e. The molecular weight excluding hydrogens is 342 g/mol. The zero-order valence-electron chi connectivity index (χ0n) is 15.5. The van der Waals surface area contributed by atoms with Crippen LogP contribution in [0.4, 0.5) is 17.2 Å². The van der Waals surface area contributed by atoms with Crippen molar-refractivity contribution >= 4 is 29.0 Å². The first-order valence-electron chi connectivity index (χ1n) is 9.39. The van der Waals surface area contributed by atoms with Gasteiger partial charge >= 0.3 is 0 Å². The van der Waals surface area contributed by atoms with E-state index in [0.717, 1.165) is 12.8 Å². The average molecular weight is 367 g/mol. The normalized spacial score (nSPS) is 14.9. The summed E-state index contributed by atoms with van der Waals surface area (Å²) in [4.78, 5) is 23.3. The van der Waals surface area contributed by atoms with Crippen molar-refractivity contribution in [2.75, 3.05) is 16.0 Å². The molecule has 1 fully saturated rings. The third-order valence-corrected chi connectivity index (χ3v) is 4.57. The second kappa shape index (κ2) is 9.12. The minimum atomic E-state index is -0.323. The lowest BCUT2D eigenvalue weighted by molar-refractivity contribution is -0.114. The lowest BCUT2D eigenvalue weighted by Crippen LogP contribution is -2.20. The summed E-state index contributed by atoms with van der Waals surface area (Å²) in [6, 6.07) is 10.8. The molecule has 2 aromatic rings. The van der Waals surface area contributed by atoms with E-state index in [0.29, 0.717) is 23.2 Å². The van der Waals surface area contributed by atoms with Crippen LogP contribution in [0, 0.1) is 0 Å². The van der Waals surface area contributed by atoms with Crippen LogP contribution < -0.4 is 16.0 Å². The fourth-order valence-corrected chi connectivity index (χ4v) is 3.20. The molecule has 1 saturated carbocycles. The van der Waals surface area contributed by atoms with Crippen molar-refractivity contribution in [1.29, 1.82) is 0 Å². The number of anilines is 3. The number of benzene rings is 1. The molecule has 0 bridgehead atoms. The van der Waals surface area contributed by atoms with Crippen molar-refractivity contribution < 1.29 is 9.59 Å². The molecule has 0 radical (unpaired) electrons. The van der Waals surface area contributed by atoms with E-state index >= 15 is 0 Å². The van der Waals surface area contributed by atoms with E-state index in [9.17, 15) is 9.59 Å². The summed E-state index contributed by atoms with van der Waals surface area (Å²) in [5, 5.41) is 17.1.